The number of methoxy groups -OCH3 is 1. The van der Waals surface area contributed by atoms with Gasteiger partial charge in [0.2, 0.25) is 5.91 Å². The van der Waals surface area contributed by atoms with Crippen molar-refractivity contribution in [2.75, 3.05) is 19.0 Å². The van der Waals surface area contributed by atoms with E-state index >= 15 is 0 Å². The van der Waals surface area contributed by atoms with E-state index in [4.69, 9.17) is 16.3 Å². The van der Waals surface area contributed by atoms with Crippen molar-refractivity contribution in [3.63, 3.8) is 0 Å². The van der Waals surface area contributed by atoms with Gasteiger partial charge in [0.05, 0.1) is 17.8 Å². The van der Waals surface area contributed by atoms with Crippen LogP contribution in [0.1, 0.15) is 26.7 Å². The van der Waals surface area contributed by atoms with Gasteiger partial charge < -0.3 is 20.3 Å². The van der Waals surface area contributed by atoms with Crippen molar-refractivity contribution in [3.05, 3.63) is 29.3 Å². The van der Waals surface area contributed by atoms with Crippen LogP contribution in [-0.4, -0.2) is 48.5 Å². The fraction of sp³-hybridized carbons (Fsp3) is 0.500. The molecular weight excluding hydrogens is 358 g/mol. The summed E-state index contributed by atoms with van der Waals surface area (Å²) in [6, 6.07) is 4.95. The van der Waals surface area contributed by atoms with E-state index < -0.39 is 24.1 Å². The van der Waals surface area contributed by atoms with Gasteiger partial charge in [0.1, 0.15) is 12.1 Å². The number of amides is 3. The zero-order valence-electron chi connectivity index (χ0n) is 15.1. The van der Waals surface area contributed by atoms with E-state index in [1.54, 1.807) is 24.3 Å². The number of hydrogen-bond acceptors (Lipinski definition) is 4. The van der Waals surface area contributed by atoms with Crippen LogP contribution in [0.25, 0.3) is 0 Å². The third-order valence-electron chi connectivity index (χ3n) is 4.35. The largest absolute Gasteiger partial charge is 0.467 e. The van der Waals surface area contributed by atoms with E-state index in [-0.39, 0.29) is 11.8 Å². The number of nitrogens with zero attached hydrogens (tertiary/aromatic N) is 1. The summed E-state index contributed by atoms with van der Waals surface area (Å²) in [6.45, 7) is 4.14. The molecule has 142 valence electrons. The number of carbonyl (C=O) groups excluding carboxylic acids is 3. The van der Waals surface area contributed by atoms with Crippen molar-refractivity contribution in [2.24, 2.45) is 5.92 Å². The maximum atomic E-state index is 12.9. The van der Waals surface area contributed by atoms with Gasteiger partial charge in [-0.2, -0.15) is 0 Å². The number of hydrogen-bond donors (Lipinski definition) is 2. The predicted molar refractivity (Wildman–Crippen MR) is 99.0 cm³/mol. The first-order chi connectivity index (χ1) is 12.3. The smallest absolute Gasteiger partial charge is 0.328 e. The Labute approximate surface area is 158 Å². The number of urea groups is 1. The lowest BCUT2D eigenvalue weighted by molar-refractivity contribution is -0.151. The minimum absolute atomic E-state index is 0.154. The third-order valence-corrected chi connectivity index (χ3v) is 4.68. The van der Waals surface area contributed by atoms with E-state index in [0.717, 1.165) is 6.42 Å². The number of para-hydroxylation sites is 1. The molecule has 8 heteroatoms. The molecule has 1 saturated heterocycles. The third kappa shape index (κ3) is 4.66. The summed E-state index contributed by atoms with van der Waals surface area (Å²) in [5.74, 6) is -0.875. The van der Waals surface area contributed by atoms with Crippen molar-refractivity contribution in [1.29, 1.82) is 0 Å². The summed E-state index contributed by atoms with van der Waals surface area (Å²) in [5.41, 5.74) is 0.454. The number of likely N-dealkylation sites (tertiary alicyclic amines) is 1. The summed E-state index contributed by atoms with van der Waals surface area (Å²) in [4.78, 5) is 38.6. The van der Waals surface area contributed by atoms with E-state index in [2.05, 4.69) is 10.6 Å². The minimum Gasteiger partial charge on any atom is -0.467 e. The second-order valence-electron chi connectivity index (χ2n) is 6.51. The molecule has 7 nitrogen and oxygen atoms in total. The Bertz CT molecular complexity index is 680. The Kier molecular flexibility index (Phi) is 6.85. The fourth-order valence-electron chi connectivity index (χ4n) is 2.97. The van der Waals surface area contributed by atoms with Gasteiger partial charge in [0.15, 0.2) is 0 Å². The van der Waals surface area contributed by atoms with Crippen LogP contribution in [0, 0.1) is 5.92 Å². The van der Waals surface area contributed by atoms with Crippen molar-refractivity contribution < 1.29 is 19.1 Å². The van der Waals surface area contributed by atoms with Crippen LogP contribution in [0.15, 0.2) is 24.3 Å². The van der Waals surface area contributed by atoms with Crippen molar-refractivity contribution in [2.45, 2.75) is 38.8 Å². The van der Waals surface area contributed by atoms with Gasteiger partial charge in [-0.1, -0.05) is 37.6 Å². The molecule has 1 aromatic rings. The zero-order valence-corrected chi connectivity index (χ0v) is 15.9. The van der Waals surface area contributed by atoms with Crippen LogP contribution in [0.5, 0.6) is 0 Å². The summed E-state index contributed by atoms with van der Waals surface area (Å²) in [6.07, 6.45) is 1.29. The lowest BCUT2D eigenvalue weighted by atomic mass is 10.0. The topological polar surface area (TPSA) is 87.7 Å². The van der Waals surface area contributed by atoms with E-state index in [9.17, 15) is 14.4 Å². The summed E-state index contributed by atoms with van der Waals surface area (Å²) in [7, 11) is 1.30. The van der Waals surface area contributed by atoms with Gasteiger partial charge >= 0.3 is 12.0 Å². The Hall–Kier alpha value is -2.28. The quantitative estimate of drug-likeness (QED) is 0.767. The van der Waals surface area contributed by atoms with E-state index in [1.165, 1.54) is 12.0 Å². The van der Waals surface area contributed by atoms with Crippen molar-refractivity contribution in [1.82, 2.24) is 10.2 Å². The first kappa shape index (κ1) is 20.0. The molecule has 0 saturated carbocycles. The highest BCUT2D eigenvalue weighted by atomic mass is 35.5. The number of ether oxygens (including phenoxy) is 1. The number of esters is 1. The lowest BCUT2D eigenvalue weighted by Gasteiger charge is -2.29. The highest BCUT2D eigenvalue weighted by Crippen LogP contribution is 2.22. The molecule has 2 N–H and O–H groups in total. The first-order valence-electron chi connectivity index (χ1n) is 8.55. The Balaban J connectivity index is 2.08. The second kappa shape index (κ2) is 8.89. The van der Waals surface area contributed by atoms with Crippen molar-refractivity contribution >= 4 is 35.2 Å². The van der Waals surface area contributed by atoms with Crippen molar-refractivity contribution in [3.8, 4) is 0 Å². The molecule has 1 aliphatic heterocycles. The predicted octanol–water partition coefficient (Wildman–Crippen LogP) is 2.65. The molecule has 1 aliphatic rings. The average molecular weight is 382 g/mol. The molecule has 2 rings (SSSR count). The van der Waals surface area contributed by atoms with Gasteiger partial charge in [-0.3, -0.25) is 4.79 Å². The van der Waals surface area contributed by atoms with Crippen LogP contribution < -0.4 is 10.6 Å². The molecule has 0 radical (unpaired) electrons. The van der Waals surface area contributed by atoms with Gasteiger partial charge in [-0.15, -0.1) is 0 Å². The Morgan fingerprint density at radius 2 is 1.96 bits per heavy atom. The summed E-state index contributed by atoms with van der Waals surface area (Å²) < 4.78 is 4.78. The molecular formula is C18H24ClN3O4. The highest BCUT2D eigenvalue weighted by molar-refractivity contribution is 6.33. The van der Waals surface area contributed by atoms with Gasteiger partial charge in [0, 0.05) is 6.54 Å². The molecule has 0 spiro atoms. The van der Waals surface area contributed by atoms with Crippen LogP contribution >= 0.6 is 11.6 Å². The van der Waals surface area contributed by atoms with Crippen LogP contribution in [-0.2, 0) is 14.3 Å². The monoisotopic (exact) mass is 381 g/mol. The zero-order chi connectivity index (χ0) is 19.3. The Morgan fingerprint density at radius 1 is 1.27 bits per heavy atom. The van der Waals surface area contributed by atoms with Gasteiger partial charge in [0.25, 0.3) is 0 Å². The molecule has 3 amide bonds. The molecule has 26 heavy (non-hydrogen) atoms. The van der Waals surface area contributed by atoms with Gasteiger partial charge in [-0.25, -0.2) is 9.59 Å². The summed E-state index contributed by atoms with van der Waals surface area (Å²) in [5, 5.41) is 5.74. The van der Waals surface area contributed by atoms with E-state index in [1.807, 2.05) is 13.8 Å². The lowest BCUT2D eigenvalue weighted by Crippen LogP contribution is -2.54. The Morgan fingerprint density at radius 3 is 2.58 bits per heavy atom. The molecule has 0 bridgehead atoms. The summed E-state index contributed by atoms with van der Waals surface area (Å²) >= 11 is 6.03. The minimum atomic E-state index is -0.761. The van der Waals surface area contributed by atoms with E-state index in [0.29, 0.717) is 23.7 Å². The fourth-order valence-corrected chi connectivity index (χ4v) is 3.15. The maximum Gasteiger partial charge on any atom is 0.328 e. The second-order valence-corrected chi connectivity index (χ2v) is 6.92. The van der Waals surface area contributed by atoms with Crippen LogP contribution in [0.4, 0.5) is 10.5 Å². The number of halogens is 1. The SMILES string of the molecule is COC(=O)[C@@H]1CCCN1C(=O)C(NC(=O)Nc1ccccc1Cl)C(C)C. The molecule has 0 aromatic heterocycles. The highest BCUT2D eigenvalue weighted by Gasteiger charge is 2.39. The molecule has 1 unspecified atom stereocenters. The molecule has 1 aromatic carbocycles. The maximum absolute atomic E-state index is 12.9. The number of carbonyl (C=O) groups is 3. The first-order valence-corrected chi connectivity index (χ1v) is 8.93. The standard InChI is InChI=1S/C18H24ClN3O4/c1-11(2)15(16(23)22-10-6-9-14(22)17(24)26-3)21-18(25)20-13-8-5-4-7-12(13)19/h4-5,7-8,11,14-15H,6,9-10H2,1-3H3,(H2,20,21,25)/t14-,15?/m0/s1. The molecule has 0 aliphatic carbocycles. The molecule has 2 atom stereocenters. The number of nitrogens with one attached hydrogen (secondary N) is 2. The number of benzene rings is 1. The number of rotatable bonds is 5. The number of anilines is 1. The van der Waals surface area contributed by atoms with Gasteiger partial charge in [-0.05, 0) is 30.9 Å². The molecule has 1 heterocycles. The normalized spacial score (nSPS) is 17.7. The average Bonchev–Trinajstić information content (AvgIpc) is 3.10. The van der Waals surface area contributed by atoms with Crippen LogP contribution in [0.3, 0.4) is 0 Å². The van der Waals surface area contributed by atoms with Crippen LogP contribution in [0.2, 0.25) is 5.02 Å². The molecule has 1 fully saturated rings.